The molecule has 1 nitrogen and oxygen atoms in total. The fraction of sp³-hybridized carbons (Fsp3) is 0.955. The van der Waals surface area contributed by atoms with Crippen molar-refractivity contribution in [3.8, 4) is 0 Å². The van der Waals surface area contributed by atoms with E-state index in [2.05, 4.69) is 13.8 Å². The maximum atomic E-state index is 10.8. The summed E-state index contributed by atoms with van der Waals surface area (Å²) in [7, 11) is 0. The van der Waals surface area contributed by atoms with Gasteiger partial charge in [0.1, 0.15) is 6.29 Å². The molecule has 2 aliphatic rings. The summed E-state index contributed by atoms with van der Waals surface area (Å²) in [4.78, 5) is 10.8. The molecule has 2 saturated carbocycles. The van der Waals surface area contributed by atoms with Gasteiger partial charge in [0.15, 0.2) is 0 Å². The predicted molar refractivity (Wildman–Crippen MR) is 99.5 cm³/mol. The second kappa shape index (κ2) is 10.5. The first-order valence-corrected chi connectivity index (χ1v) is 10.6. The summed E-state index contributed by atoms with van der Waals surface area (Å²) in [5.41, 5.74) is 0. The van der Waals surface area contributed by atoms with Crippen LogP contribution in [-0.2, 0) is 4.79 Å². The van der Waals surface area contributed by atoms with Crippen molar-refractivity contribution >= 4 is 6.29 Å². The maximum absolute atomic E-state index is 10.8. The van der Waals surface area contributed by atoms with Gasteiger partial charge in [0.25, 0.3) is 0 Å². The second-order valence-electron chi connectivity index (χ2n) is 8.92. The molecular formula is C22H40O. The third-order valence-corrected chi connectivity index (χ3v) is 6.88. The number of rotatable bonds is 9. The van der Waals surface area contributed by atoms with Crippen LogP contribution in [-0.4, -0.2) is 6.29 Å². The number of aldehydes is 1. The van der Waals surface area contributed by atoms with Gasteiger partial charge in [0.2, 0.25) is 0 Å². The Hall–Kier alpha value is -0.330. The van der Waals surface area contributed by atoms with Gasteiger partial charge in [0.05, 0.1) is 0 Å². The summed E-state index contributed by atoms with van der Waals surface area (Å²) >= 11 is 0. The Morgan fingerprint density at radius 1 is 0.783 bits per heavy atom. The quantitative estimate of drug-likeness (QED) is 0.337. The van der Waals surface area contributed by atoms with Crippen LogP contribution in [0.25, 0.3) is 0 Å². The Morgan fingerprint density at radius 3 is 2.09 bits per heavy atom. The Labute approximate surface area is 145 Å². The highest BCUT2D eigenvalue weighted by molar-refractivity contribution is 5.53. The molecule has 2 fully saturated rings. The molecule has 0 bridgehead atoms. The van der Waals surface area contributed by atoms with Crippen molar-refractivity contribution in [1.82, 2.24) is 0 Å². The summed E-state index contributed by atoms with van der Waals surface area (Å²) in [6.45, 7) is 4.91. The van der Waals surface area contributed by atoms with E-state index in [1.807, 2.05) is 0 Å². The van der Waals surface area contributed by atoms with E-state index in [4.69, 9.17) is 0 Å². The number of hydrogen-bond donors (Lipinski definition) is 0. The average Bonchev–Trinajstić information content (AvgIpc) is 2.56. The van der Waals surface area contributed by atoms with E-state index in [0.29, 0.717) is 5.92 Å². The Morgan fingerprint density at radius 2 is 1.43 bits per heavy atom. The maximum Gasteiger partial charge on any atom is 0.123 e. The molecule has 0 aromatic heterocycles. The fourth-order valence-corrected chi connectivity index (χ4v) is 5.14. The summed E-state index contributed by atoms with van der Waals surface area (Å²) in [6.07, 6.45) is 20.7. The molecule has 2 rings (SSSR count). The molecule has 0 aliphatic heterocycles. The molecule has 0 amide bonds. The first kappa shape index (κ1) is 19.0. The van der Waals surface area contributed by atoms with Crippen LogP contribution < -0.4 is 0 Å². The van der Waals surface area contributed by atoms with Gasteiger partial charge in [-0.3, -0.25) is 0 Å². The Balaban J connectivity index is 1.42. The van der Waals surface area contributed by atoms with E-state index in [1.165, 1.54) is 83.3 Å². The van der Waals surface area contributed by atoms with Crippen LogP contribution in [0.4, 0.5) is 0 Å². The van der Waals surface area contributed by atoms with Gasteiger partial charge in [0, 0.05) is 5.92 Å². The summed E-state index contributed by atoms with van der Waals surface area (Å²) in [6, 6.07) is 0. The van der Waals surface area contributed by atoms with Gasteiger partial charge in [-0.05, 0) is 62.2 Å². The Bertz CT molecular complexity index is 316. The summed E-state index contributed by atoms with van der Waals surface area (Å²) in [5, 5.41) is 0. The van der Waals surface area contributed by atoms with Crippen LogP contribution in [0.15, 0.2) is 0 Å². The molecular weight excluding hydrogens is 280 g/mol. The molecule has 0 spiro atoms. The molecule has 0 radical (unpaired) electrons. The molecule has 1 heteroatoms. The molecule has 3 atom stereocenters. The summed E-state index contributed by atoms with van der Waals surface area (Å²) < 4.78 is 0. The highest BCUT2D eigenvalue weighted by atomic mass is 16.1. The minimum atomic E-state index is 0.386. The number of hydrogen-bond acceptors (Lipinski definition) is 1. The SMILES string of the molecule is CC1CCC(CCCCCCCC2CCC(C=O)CC2)C(C)C1. The molecule has 2 aliphatic carbocycles. The third-order valence-electron chi connectivity index (χ3n) is 6.88. The normalized spacial score (nSPS) is 35.1. The topological polar surface area (TPSA) is 17.1 Å². The zero-order chi connectivity index (χ0) is 16.5. The average molecular weight is 321 g/mol. The van der Waals surface area contributed by atoms with E-state index >= 15 is 0 Å². The minimum Gasteiger partial charge on any atom is -0.303 e. The Kier molecular flexibility index (Phi) is 8.69. The number of carbonyl (C=O) groups excluding carboxylic acids is 1. The van der Waals surface area contributed by atoms with Crippen LogP contribution in [0.5, 0.6) is 0 Å². The van der Waals surface area contributed by atoms with Crippen molar-refractivity contribution in [3.63, 3.8) is 0 Å². The van der Waals surface area contributed by atoms with Crippen LogP contribution >= 0.6 is 0 Å². The fourth-order valence-electron chi connectivity index (χ4n) is 5.14. The molecule has 3 unspecified atom stereocenters. The van der Waals surface area contributed by atoms with Gasteiger partial charge < -0.3 is 4.79 Å². The van der Waals surface area contributed by atoms with Crippen molar-refractivity contribution in [1.29, 1.82) is 0 Å². The molecule has 134 valence electrons. The molecule has 0 heterocycles. The van der Waals surface area contributed by atoms with Crippen LogP contribution in [0, 0.1) is 29.6 Å². The second-order valence-corrected chi connectivity index (χ2v) is 8.92. The lowest BCUT2D eigenvalue weighted by atomic mass is 9.73. The standard InChI is InChI=1S/C22H40O/c1-18-10-15-22(19(2)16-18)9-7-5-3-4-6-8-20-11-13-21(17-23)14-12-20/h17-22H,3-16H2,1-2H3. The first-order valence-electron chi connectivity index (χ1n) is 10.6. The molecule has 0 N–H and O–H groups in total. The van der Waals surface area contributed by atoms with Crippen molar-refractivity contribution in [2.24, 2.45) is 29.6 Å². The van der Waals surface area contributed by atoms with E-state index < -0.39 is 0 Å². The van der Waals surface area contributed by atoms with E-state index in [0.717, 1.165) is 36.5 Å². The first-order chi connectivity index (χ1) is 11.2. The van der Waals surface area contributed by atoms with Gasteiger partial charge in [-0.15, -0.1) is 0 Å². The van der Waals surface area contributed by atoms with E-state index in [-0.39, 0.29) is 0 Å². The molecule has 23 heavy (non-hydrogen) atoms. The number of unbranched alkanes of at least 4 members (excludes halogenated alkanes) is 4. The van der Waals surface area contributed by atoms with Gasteiger partial charge in [-0.25, -0.2) is 0 Å². The predicted octanol–water partition coefficient (Wildman–Crippen LogP) is 6.79. The highest BCUT2D eigenvalue weighted by Crippen LogP contribution is 2.36. The lowest BCUT2D eigenvalue weighted by molar-refractivity contribution is -0.112. The lowest BCUT2D eigenvalue weighted by Gasteiger charge is -2.32. The monoisotopic (exact) mass is 320 g/mol. The smallest absolute Gasteiger partial charge is 0.123 e. The van der Waals surface area contributed by atoms with E-state index in [9.17, 15) is 4.79 Å². The molecule has 0 saturated heterocycles. The van der Waals surface area contributed by atoms with Crippen molar-refractivity contribution in [2.75, 3.05) is 0 Å². The highest BCUT2D eigenvalue weighted by Gasteiger charge is 2.24. The third kappa shape index (κ3) is 6.98. The zero-order valence-electron chi connectivity index (χ0n) is 15.8. The van der Waals surface area contributed by atoms with E-state index in [1.54, 1.807) is 0 Å². The van der Waals surface area contributed by atoms with Gasteiger partial charge in [-0.2, -0.15) is 0 Å². The number of carbonyl (C=O) groups is 1. The van der Waals surface area contributed by atoms with Gasteiger partial charge in [-0.1, -0.05) is 65.2 Å². The minimum absolute atomic E-state index is 0.386. The zero-order valence-corrected chi connectivity index (χ0v) is 15.8. The van der Waals surface area contributed by atoms with Crippen molar-refractivity contribution in [3.05, 3.63) is 0 Å². The van der Waals surface area contributed by atoms with Crippen LogP contribution in [0.3, 0.4) is 0 Å². The molecule has 0 aromatic rings. The molecule has 0 aromatic carbocycles. The van der Waals surface area contributed by atoms with Crippen molar-refractivity contribution < 1.29 is 4.79 Å². The van der Waals surface area contributed by atoms with Crippen LogP contribution in [0.1, 0.15) is 104 Å². The van der Waals surface area contributed by atoms with Crippen LogP contribution in [0.2, 0.25) is 0 Å². The van der Waals surface area contributed by atoms with Gasteiger partial charge >= 0.3 is 0 Å². The summed E-state index contributed by atoms with van der Waals surface area (Å²) in [5.74, 6) is 4.29. The lowest BCUT2D eigenvalue weighted by Crippen LogP contribution is -2.21. The largest absolute Gasteiger partial charge is 0.303 e. The van der Waals surface area contributed by atoms with Crippen molar-refractivity contribution in [2.45, 2.75) is 104 Å².